The highest BCUT2D eigenvalue weighted by molar-refractivity contribution is 9.10. The van der Waals surface area contributed by atoms with Crippen molar-refractivity contribution in [3.63, 3.8) is 0 Å². The van der Waals surface area contributed by atoms with Crippen LogP contribution in [0.25, 0.3) is 0 Å². The van der Waals surface area contributed by atoms with E-state index < -0.39 is 0 Å². The van der Waals surface area contributed by atoms with Gasteiger partial charge < -0.3 is 10.2 Å². The molecule has 0 saturated heterocycles. The predicted octanol–water partition coefficient (Wildman–Crippen LogP) is 4.21. The summed E-state index contributed by atoms with van der Waals surface area (Å²) < 4.78 is 6.24. The fourth-order valence-electron chi connectivity index (χ4n) is 2.38. The van der Waals surface area contributed by atoms with E-state index in [1.54, 1.807) is 0 Å². The maximum absolute atomic E-state index is 6.20. The third-order valence-electron chi connectivity index (χ3n) is 3.22. The third kappa shape index (κ3) is 2.85. The lowest BCUT2D eigenvalue weighted by atomic mass is 9.94. The van der Waals surface area contributed by atoms with Crippen LogP contribution >= 0.6 is 15.9 Å². The van der Waals surface area contributed by atoms with E-state index in [-0.39, 0.29) is 6.04 Å². The molecule has 3 heteroatoms. The van der Waals surface area contributed by atoms with Gasteiger partial charge >= 0.3 is 0 Å². The van der Waals surface area contributed by atoms with Crippen LogP contribution in [0.5, 0.6) is 0 Å². The van der Waals surface area contributed by atoms with Crippen molar-refractivity contribution >= 4 is 15.9 Å². The summed E-state index contributed by atoms with van der Waals surface area (Å²) in [6, 6.07) is 8.11. The average molecular weight is 308 g/mol. The minimum Gasteiger partial charge on any atom is -0.453 e. The van der Waals surface area contributed by atoms with Crippen LogP contribution in [0.2, 0.25) is 0 Å². The van der Waals surface area contributed by atoms with Gasteiger partial charge in [-0.3, -0.25) is 0 Å². The summed E-state index contributed by atoms with van der Waals surface area (Å²) in [5.74, 6) is 0.821. The van der Waals surface area contributed by atoms with Crippen molar-refractivity contribution in [1.82, 2.24) is 0 Å². The van der Waals surface area contributed by atoms with E-state index in [2.05, 4.69) is 48.8 Å². The lowest BCUT2D eigenvalue weighted by Crippen LogP contribution is -2.14. The first-order valence-electron chi connectivity index (χ1n) is 6.05. The molecule has 0 spiro atoms. The van der Waals surface area contributed by atoms with Gasteiger partial charge in [0, 0.05) is 0 Å². The van der Waals surface area contributed by atoms with E-state index in [4.69, 9.17) is 10.2 Å². The lowest BCUT2D eigenvalue weighted by molar-refractivity contribution is 0.447. The zero-order valence-corrected chi connectivity index (χ0v) is 12.5. The Hall–Kier alpha value is -1.06. The van der Waals surface area contributed by atoms with E-state index >= 15 is 0 Å². The molecule has 0 amide bonds. The first-order valence-corrected chi connectivity index (χ1v) is 6.84. The van der Waals surface area contributed by atoms with Crippen molar-refractivity contribution in [2.75, 3.05) is 0 Å². The Labute approximate surface area is 116 Å². The molecule has 0 radical (unpaired) electrons. The smallest absolute Gasteiger partial charge is 0.169 e. The molecule has 2 rings (SSSR count). The van der Waals surface area contributed by atoms with Gasteiger partial charge in [-0.05, 0) is 71.9 Å². The normalized spacial score (nSPS) is 12.7. The van der Waals surface area contributed by atoms with E-state index in [1.807, 2.05) is 12.1 Å². The summed E-state index contributed by atoms with van der Waals surface area (Å²) in [6.45, 7) is 6.40. The molecule has 0 saturated carbocycles. The largest absolute Gasteiger partial charge is 0.453 e. The molecule has 1 aromatic carbocycles. The Morgan fingerprint density at radius 2 is 1.78 bits per heavy atom. The molecule has 0 fully saturated rings. The molecule has 2 nitrogen and oxygen atoms in total. The van der Waals surface area contributed by atoms with Crippen molar-refractivity contribution < 1.29 is 4.42 Å². The molecule has 96 valence electrons. The molecule has 2 aromatic rings. The van der Waals surface area contributed by atoms with Gasteiger partial charge in [-0.2, -0.15) is 0 Å². The standard InChI is InChI=1S/C15H18BrNO/c1-9-6-10(2)12(11(3)7-9)8-13(17)14-4-5-15(16)18-14/h4-7,13H,8,17H2,1-3H3. The Morgan fingerprint density at radius 1 is 1.17 bits per heavy atom. The summed E-state index contributed by atoms with van der Waals surface area (Å²) in [5.41, 5.74) is 11.4. The van der Waals surface area contributed by atoms with Gasteiger partial charge in [0.05, 0.1) is 6.04 Å². The second kappa shape index (κ2) is 5.29. The van der Waals surface area contributed by atoms with E-state index in [9.17, 15) is 0 Å². The lowest BCUT2D eigenvalue weighted by Gasteiger charge is -2.15. The van der Waals surface area contributed by atoms with Gasteiger partial charge in [0.15, 0.2) is 4.67 Å². The van der Waals surface area contributed by atoms with Gasteiger partial charge in [0.2, 0.25) is 0 Å². The molecule has 0 aliphatic carbocycles. The quantitative estimate of drug-likeness (QED) is 0.922. The maximum Gasteiger partial charge on any atom is 0.169 e. The van der Waals surface area contributed by atoms with Gasteiger partial charge in [0.1, 0.15) is 5.76 Å². The Kier molecular flexibility index (Phi) is 3.93. The third-order valence-corrected chi connectivity index (χ3v) is 3.65. The predicted molar refractivity (Wildman–Crippen MR) is 77.7 cm³/mol. The number of furan rings is 1. The van der Waals surface area contributed by atoms with Crippen LogP contribution in [-0.4, -0.2) is 0 Å². The molecule has 0 aliphatic rings. The van der Waals surface area contributed by atoms with Crippen LogP contribution in [0.1, 0.15) is 34.1 Å². The summed E-state index contributed by atoms with van der Waals surface area (Å²) >= 11 is 3.30. The van der Waals surface area contributed by atoms with Crippen LogP contribution in [0.4, 0.5) is 0 Å². The molecular formula is C15H18BrNO. The number of hydrogen-bond acceptors (Lipinski definition) is 2. The molecule has 1 heterocycles. The Bertz CT molecular complexity index is 536. The topological polar surface area (TPSA) is 39.2 Å². The first-order chi connectivity index (χ1) is 8.47. The van der Waals surface area contributed by atoms with Crippen LogP contribution < -0.4 is 5.73 Å². The van der Waals surface area contributed by atoms with Gasteiger partial charge in [0.25, 0.3) is 0 Å². The molecule has 0 bridgehead atoms. The summed E-state index contributed by atoms with van der Waals surface area (Å²) in [5, 5.41) is 0. The Morgan fingerprint density at radius 3 is 2.28 bits per heavy atom. The highest BCUT2D eigenvalue weighted by Crippen LogP contribution is 2.25. The number of halogens is 1. The second-order valence-electron chi connectivity index (χ2n) is 4.83. The fraction of sp³-hybridized carbons (Fsp3) is 0.333. The molecule has 0 aliphatic heterocycles. The van der Waals surface area contributed by atoms with Gasteiger partial charge in [-0.1, -0.05) is 17.7 Å². The molecule has 1 unspecified atom stereocenters. The van der Waals surface area contributed by atoms with Crippen LogP contribution in [0.3, 0.4) is 0 Å². The van der Waals surface area contributed by atoms with Gasteiger partial charge in [-0.15, -0.1) is 0 Å². The minimum atomic E-state index is -0.101. The number of rotatable bonds is 3. The molecule has 1 aromatic heterocycles. The summed E-state index contributed by atoms with van der Waals surface area (Å²) in [4.78, 5) is 0. The zero-order chi connectivity index (χ0) is 13.3. The second-order valence-corrected chi connectivity index (χ2v) is 5.61. The van der Waals surface area contributed by atoms with Crippen molar-refractivity contribution in [3.8, 4) is 0 Å². The highest BCUT2D eigenvalue weighted by Gasteiger charge is 2.14. The number of benzene rings is 1. The highest BCUT2D eigenvalue weighted by atomic mass is 79.9. The van der Waals surface area contributed by atoms with Crippen LogP contribution in [-0.2, 0) is 6.42 Å². The molecule has 2 N–H and O–H groups in total. The summed E-state index contributed by atoms with van der Waals surface area (Å²) in [7, 11) is 0. The zero-order valence-electron chi connectivity index (χ0n) is 11.0. The fourth-order valence-corrected chi connectivity index (χ4v) is 2.70. The molecule has 18 heavy (non-hydrogen) atoms. The van der Waals surface area contributed by atoms with E-state index in [1.165, 1.54) is 22.3 Å². The van der Waals surface area contributed by atoms with E-state index in [0.717, 1.165) is 16.9 Å². The number of hydrogen-bond donors (Lipinski definition) is 1. The molecular weight excluding hydrogens is 290 g/mol. The number of nitrogens with two attached hydrogens (primary N) is 1. The van der Waals surface area contributed by atoms with Crippen LogP contribution in [0, 0.1) is 20.8 Å². The van der Waals surface area contributed by atoms with Crippen molar-refractivity contribution in [1.29, 1.82) is 0 Å². The monoisotopic (exact) mass is 307 g/mol. The minimum absolute atomic E-state index is 0.101. The Balaban J connectivity index is 2.24. The van der Waals surface area contributed by atoms with Crippen molar-refractivity contribution in [3.05, 3.63) is 56.9 Å². The summed E-state index contributed by atoms with van der Waals surface area (Å²) in [6.07, 6.45) is 0.803. The number of aryl methyl sites for hydroxylation is 3. The van der Waals surface area contributed by atoms with Crippen molar-refractivity contribution in [2.24, 2.45) is 5.73 Å². The maximum atomic E-state index is 6.20. The SMILES string of the molecule is Cc1cc(C)c(CC(N)c2ccc(Br)o2)c(C)c1. The van der Waals surface area contributed by atoms with E-state index in [0.29, 0.717) is 0 Å². The van der Waals surface area contributed by atoms with Crippen LogP contribution in [0.15, 0.2) is 33.4 Å². The molecule has 1 atom stereocenters. The van der Waals surface area contributed by atoms with Gasteiger partial charge in [-0.25, -0.2) is 0 Å². The van der Waals surface area contributed by atoms with Crippen molar-refractivity contribution in [2.45, 2.75) is 33.2 Å². The first kappa shape index (κ1) is 13.4. The average Bonchev–Trinajstić information content (AvgIpc) is 2.70.